The third-order valence-electron chi connectivity index (χ3n) is 4.56. The molecule has 0 aliphatic heterocycles. The van der Waals surface area contributed by atoms with Crippen molar-refractivity contribution in [2.45, 2.75) is 26.4 Å². The Hall–Kier alpha value is -2.98. The van der Waals surface area contributed by atoms with Gasteiger partial charge in [-0.25, -0.2) is 0 Å². The van der Waals surface area contributed by atoms with Gasteiger partial charge in [0.1, 0.15) is 6.61 Å². The molecule has 0 atom stereocenters. The van der Waals surface area contributed by atoms with Crippen LogP contribution in [0.1, 0.15) is 41.3 Å². The molecule has 1 N–H and O–H groups in total. The Morgan fingerprint density at radius 2 is 1.72 bits per heavy atom. The molecule has 0 aliphatic rings. The number of amides is 1. The second-order valence-corrected chi connectivity index (χ2v) is 7.41. The first kappa shape index (κ1) is 20.7. The Kier molecular flexibility index (Phi) is 6.78. The molecule has 0 aromatic heterocycles. The number of benzene rings is 3. The quantitative estimate of drug-likeness (QED) is 0.497. The summed E-state index contributed by atoms with van der Waals surface area (Å²) >= 11 is 5.91. The number of methoxy groups -OCH3 is 1. The van der Waals surface area contributed by atoms with E-state index in [0.717, 1.165) is 16.8 Å². The number of anilines is 1. The van der Waals surface area contributed by atoms with E-state index in [0.29, 0.717) is 34.6 Å². The van der Waals surface area contributed by atoms with Crippen LogP contribution in [-0.4, -0.2) is 13.0 Å². The van der Waals surface area contributed by atoms with Crippen LogP contribution in [0.3, 0.4) is 0 Å². The Labute approximate surface area is 176 Å². The molecule has 0 unspecified atom stereocenters. The van der Waals surface area contributed by atoms with Crippen molar-refractivity contribution >= 4 is 23.2 Å². The second kappa shape index (κ2) is 9.48. The fraction of sp³-hybridized carbons (Fsp3) is 0.208. The van der Waals surface area contributed by atoms with Gasteiger partial charge in [-0.3, -0.25) is 4.79 Å². The van der Waals surface area contributed by atoms with Crippen LogP contribution in [0.15, 0.2) is 66.7 Å². The van der Waals surface area contributed by atoms with Gasteiger partial charge in [0, 0.05) is 16.3 Å². The normalized spacial score (nSPS) is 10.7. The van der Waals surface area contributed by atoms with E-state index >= 15 is 0 Å². The van der Waals surface area contributed by atoms with Crippen LogP contribution in [0.2, 0.25) is 5.02 Å². The number of carbonyl (C=O) groups is 1. The number of hydrogen-bond donors (Lipinski definition) is 1. The maximum absolute atomic E-state index is 12.8. The van der Waals surface area contributed by atoms with Crippen LogP contribution < -0.4 is 14.8 Å². The molecule has 29 heavy (non-hydrogen) atoms. The average Bonchev–Trinajstić information content (AvgIpc) is 2.73. The number of hydrogen-bond acceptors (Lipinski definition) is 3. The summed E-state index contributed by atoms with van der Waals surface area (Å²) in [6, 6.07) is 20.4. The summed E-state index contributed by atoms with van der Waals surface area (Å²) in [7, 11) is 1.56. The molecule has 0 aliphatic carbocycles. The number of para-hydroxylation sites is 1. The van der Waals surface area contributed by atoms with Crippen molar-refractivity contribution in [2.24, 2.45) is 0 Å². The van der Waals surface area contributed by atoms with Crippen molar-refractivity contribution < 1.29 is 14.3 Å². The zero-order valence-electron chi connectivity index (χ0n) is 16.7. The molecule has 3 rings (SSSR count). The molecule has 3 aromatic carbocycles. The summed E-state index contributed by atoms with van der Waals surface area (Å²) in [6.45, 7) is 4.57. The highest BCUT2D eigenvalue weighted by molar-refractivity contribution is 6.30. The predicted octanol–water partition coefficient (Wildman–Crippen LogP) is 6.30. The summed E-state index contributed by atoms with van der Waals surface area (Å²) < 4.78 is 11.3. The standard InChI is InChI=1S/C24H24ClNO3/c1-16(2)20-6-4-5-7-21(20)26-24(27)18-10-13-22(23(14-18)28-3)29-15-17-8-11-19(25)12-9-17/h4-14,16H,15H2,1-3H3,(H,26,27). The van der Waals surface area contributed by atoms with E-state index in [1.54, 1.807) is 25.3 Å². The number of halogens is 1. The molecule has 0 heterocycles. The van der Waals surface area contributed by atoms with Crippen molar-refractivity contribution in [1.29, 1.82) is 0 Å². The summed E-state index contributed by atoms with van der Waals surface area (Å²) in [5.74, 6) is 1.19. The number of ether oxygens (including phenoxy) is 2. The van der Waals surface area contributed by atoms with Gasteiger partial charge < -0.3 is 14.8 Å². The van der Waals surface area contributed by atoms with Crippen LogP contribution in [0, 0.1) is 0 Å². The van der Waals surface area contributed by atoms with E-state index in [9.17, 15) is 4.79 Å². The van der Waals surface area contributed by atoms with E-state index in [4.69, 9.17) is 21.1 Å². The zero-order valence-corrected chi connectivity index (χ0v) is 17.5. The minimum Gasteiger partial charge on any atom is -0.493 e. The van der Waals surface area contributed by atoms with E-state index in [-0.39, 0.29) is 5.91 Å². The fourth-order valence-corrected chi connectivity index (χ4v) is 3.10. The monoisotopic (exact) mass is 409 g/mol. The molecule has 0 fully saturated rings. The molecule has 0 saturated carbocycles. The molecule has 0 saturated heterocycles. The van der Waals surface area contributed by atoms with Crippen molar-refractivity contribution in [2.75, 3.05) is 12.4 Å². The summed E-state index contributed by atoms with van der Waals surface area (Å²) in [5, 5.41) is 3.68. The maximum atomic E-state index is 12.8. The highest BCUT2D eigenvalue weighted by atomic mass is 35.5. The predicted molar refractivity (Wildman–Crippen MR) is 117 cm³/mol. The Morgan fingerprint density at radius 1 is 1.00 bits per heavy atom. The molecule has 1 amide bonds. The molecule has 5 heteroatoms. The first-order valence-electron chi connectivity index (χ1n) is 9.43. The van der Waals surface area contributed by atoms with Crippen LogP contribution in [-0.2, 0) is 6.61 Å². The lowest BCUT2D eigenvalue weighted by molar-refractivity contribution is 0.102. The number of nitrogens with one attached hydrogen (secondary N) is 1. The van der Waals surface area contributed by atoms with Gasteiger partial charge in [-0.1, -0.05) is 55.8 Å². The lowest BCUT2D eigenvalue weighted by Crippen LogP contribution is -2.14. The smallest absolute Gasteiger partial charge is 0.255 e. The minimum absolute atomic E-state index is 0.194. The molecule has 150 valence electrons. The first-order chi connectivity index (χ1) is 14.0. The van der Waals surface area contributed by atoms with Gasteiger partial charge in [-0.15, -0.1) is 0 Å². The van der Waals surface area contributed by atoms with Crippen molar-refractivity contribution in [1.82, 2.24) is 0 Å². The first-order valence-corrected chi connectivity index (χ1v) is 9.81. The van der Waals surface area contributed by atoms with Gasteiger partial charge in [-0.2, -0.15) is 0 Å². The molecule has 0 radical (unpaired) electrons. The van der Waals surface area contributed by atoms with Crippen LogP contribution in [0.25, 0.3) is 0 Å². The topological polar surface area (TPSA) is 47.6 Å². The third-order valence-corrected chi connectivity index (χ3v) is 4.82. The lowest BCUT2D eigenvalue weighted by atomic mass is 10.0. The Balaban J connectivity index is 1.74. The summed E-state index contributed by atoms with van der Waals surface area (Å²) in [6.07, 6.45) is 0. The fourth-order valence-electron chi connectivity index (χ4n) is 2.98. The second-order valence-electron chi connectivity index (χ2n) is 6.98. The van der Waals surface area contributed by atoms with Gasteiger partial charge in [0.05, 0.1) is 7.11 Å². The largest absolute Gasteiger partial charge is 0.493 e. The highest BCUT2D eigenvalue weighted by Gasteiger charge is 2.14. The zero-order chi connectivity index (χ0) is 20.8. The number of rotatable bonds is 7. The molecular formula is C24H24ClNO3. The van der Waals surface area contributed by atoms with Crippen molar-refractivity contribution in [3.63, 3.8) is 0 Å². The summed E-state index contributed by atoms with van der Waals surface area (Å²) in [5.41, 5.74) is 3.40. The highest BCUT2D eigenvalue weighted by Crippen LogP contribution is 2.30. The Morgan fingerprint density at radius 3 is 2.41 bits per heavy atom. The number of carbonyl (C=O) groups excluding carboxylic acids is 1. The molecule has 3 aromatic rings. The molecular weight excluding hydrogens is 386 g/mol. The molecule has 0 spiro atoms. The Bertz CT molecular complexity index is 984. The van der Waals surface area contributed by atoms with E-state index < -0.39 is 0 Å². The van der Waals surface area contributed by atoms with Gasteiger partial charge >= 0.3 is 0 Å². The van der Waals surface area contributed by atoms with Gasteiger partial charge in [0.25, 0.3) is 5.91 Å². The van der Waals surface area contributed by atoms with Crippen LogP contribution >= 0.6 is 11.6 Å². The van der Waals surface area contributed by atoms with Crippen LogP contribution in [0.4, 0.5) is 5.69 Å². The van der Waals surface area contributed by atoms with Crippen molar-refractivity contribution in [3.8, 4) is 11.5 Å². The van der Waals surface area contributed by atoms with Gasteiger partial charge in [0.15, 0.2) is 11.5 Å². The van der Waals surface area contributed by atoms with E-state index in [2.05, 4.69) is 19.2 Å². The third kappa shape index (κ3) is 5.30. The van der Waals surface area contributed by atoms with Crippen molar-refractivity contribution in [3.05, 3.63) is 88.4 Å². The van der Waals surface area contributed by atoms with Gasteiger partial charge in [0.2, 0.25) is 0 Å². The lowest BCUT2D eigenvalue weighted by Gasteiger charge is -2.15. The van der Waals surface area contributed by atoms with Gasteiger partial charge in [-0.05, 0) is 53.4 Å². The maximum Gasteiger partial charge on any atom is 0.255 e. The summed E-state index contributed by atoms with van der Waals surface area (Å²) in [4.78, 5) is 12.8. The SMILES string of the molecule is COc1cc(C(=O)Nc2ccccc2C(C)C)ccc1OCc1ccc(Cl)cc1. The van der Waals surface area contributed by atoms with Crippen LogP contribution in [0.5, 0.6) is 11.5 Å². The minimum atomic E-state index is -0.194. The molecule has 0 bridgehead atoms. The average molecular weight is 410 g/mol. The van der Waals surface area contributed by atoms with E-state index in [1.165, 1.54) is 0 Å². The molecule has 4 nitrogen and oxygen atoms in total. The van der Waals surface area contributed by atoms with E-state index in [1.807, 2.05) is 48.5 Å².